The Bertz CT molecular complexity index is 696. The second-order valence-corrected chi connectivity index (χ2v) is 5.42. The van der Waals surface area contributed by atoms with Crippen molar-refractivity contribution >= 4 is 27.5 Å². The first-order valence-corrected chi connectivity index (χ1v) is 6.75. The molecule has 3 aromatic heterocycles. The summed E-state index contributed by atoms with van der Waals surface area (Å²) in [5.74, 6) is 0.695. The van der Waals surface area contributed by atoms with E-state index in [1.54, 1.807) is 23.3 Å². The van der Waals surface area contributed by atoms with E-state index in [0.29, 0.717) is 12.2 Å². The van der Waals surface area contributed by atoms with Crippen LogP contribution >= 0.6 is 11.3 Å². The van der Waals surface area contributed by atoms with Crippen LogP contribution in [0.4, 0.5) is 0 Å². The van der Waals surface area contributed by atoms with E-state index >= 15 is 0 Å². The Morgan fingerprint density at radius 2 is 2.37 bits per heavy atom. The van der Waals surface area contributed by atoms with E-state index in [4.69, 9.17) is 4.52 Å². The van der Waals surface area contributed by atoms with E-state index < -0.39 is 0 Å². The molecule has 0 aliphatic carbocycles. The summed E-state index contributed by atoms with van der Waals surface area (Å²) in [5, 5.41) is 5.88. The van der Waals surface area contributed by atoms with Gasteiger partial charge < -0.3 is 14.4 Å². The van der Waals surface area contributed by atoms with Crippen molar-refractivity contribution in [1.82, 2.24) is 15.0 Å². The number of H-pyrrole nitrogens is 1. The number of hydrogen-bond acceptors (Lipinski definition) is 4. The zero-order chi connectivity index (χ0) is 13.4. The first kappa shape index (κ1) is 12.0. The van der Waals surface area contributed by atoms with Crippen LogP contribution in [-0.4, -0.2) is 28.0 Å². The highest BCUT2D eigenvalue weighted by Gasteiger charge is 2.16. The highest BCUT2D eigenvalue weighted by molar-refractivity contribution is 7.17. The molecule has 0 saturated carbocycles. The third-order valence-electron chi connectivity index (χ3n) is 2.89. The fraction of sp³-hybridized carbons (Fsp3) is 0.231. The van der Waals surface area contributed by atoms with Gasteiger partial charge in [0.05, 0.1) is 16.8 Å². The molecule has 6 heteroatoms. The molecule has 0 unspecified atom stereocenters. The van der Waals surface area contributed by atoms with Crippen molar-refractivity contribution in [3.8, 4) is 0 Å². The fourth-order valence-corrected chi connectivity index (χ4v) is 2.76. The smallest absolute Gasteiger partial charge is 0.270 e. The second kappa shape index (κ2) is 4.55. The van der Waals surface area contributed by atoms with Gasteiger partial charge in [0.2, 0.25) is 0 Å². The van der Waals surface area contributed by atoms with E-state index in [1.807, 2.05) is 30.5 Å². The van der Waals surface area contributed by atoms with Gasteiger partial charge in [-0.3, -0.25) is 4.79 Å². The van der Waals surface area contributed by atoms with Crippen LogP contribution in [0.5, 0.6) is 0 Å². The molecule has 1 N–H and O–H groups in total. The summed E-state index contributed by atoms with van der Waals surface area (Å²) in [6.07, 6.45) is 0. The number of hydrogen-bond donors (Lipinski definition) is 1. The van der Waals surface area contributed by atoms with Gasteiger partial charge in [0.1, 0.15) is 17.1 Å². The van der Waals surface area contributed by atoms with Gasteiger partial charge in [-0.15, -0.1) is 11.3 Å². The molecule has 0 spiro atoms. The van der Waals surface area contributed by atoms with E-state index in [1.165, 1.54) is 0 Å². The van der Waals surface area contributed by atoms with Crippen molar-refractivity contribution in [2.24, 2.45) is 0 Å². The minimum atomic E-state index is -0.0518. The van der Waals surface area contributed by atoms with Crippen molar-refractivity contribution in [2.75, 3.05) is 7.05 Å². The summed E-state index contributed by atoms with van der Waals surface area (Å²) in [6, 6.07) is 5.68. The maximum absolute atomic E-state index is 12.3. The lowest BCUT2D eigenvalue weighted by Crippen LogP contribution is -2.26. The number of nitrogens with one attached hydrogen (secondary N) is 1. The Balaban J connectivity index is 1.77. The molecule has 0 bridgehead atoms. The van der Waals surface area contributed by atoms with Crippen LogP contribution in [0.15, 0.2) is 28.1 Å². The SMILES string of the molecule is Cc1cc(CN(C)C(=O)c2cc3sccc3[nH]2)no1. The molecule has 0 fully saturated rings. The number of carbonyl (C=O) groups excluding carboxylic acids is 1. The van der Waals surface area contributed by atoms with E-state index in [2.05, 4.69) is 10.1 Å². The molecule has 0 aliphatic heterocycles. The van der Waals surface area contributed by atoms with Gasteiger partial charge in [-0.05, 0) is 24.4 Å². The number of aromatic nitrogens is 2. The molecule has 0 atom stereocenters. The summed E-state index contributed by atoms with van der Waals surface area (Å²) in [5.41, 5.74) is 2.35. The molecule has 98 valence electrons. The van der Waals surface area contributed by atoms with Crippen molar-refractivity contribution in [3.63, 3.8) is 0 Å². The largest absolute Gasteiger partial charge is 0.361 e. The normalized spacial score (nSPS) is 11.1. The van der Waals surface area contributed by atoms with Gasteiger partial charge >= 0.3 is 0 Å². The zero-order valence-corrected chi connectivity index (χ0v) is 11.5. The summed E-state index contributed by atoms with van der Waals surface area (Å²) in [4.78, 5) is 17.0. The van der Waals surface area contributed by atoms with Crippen LogP contribution in [0, 0.1) is 6.92 Å². The molecule has 0 radical (unpaired) electrons. The molecular formula is C13H13N3O2S. The molecule has 3 aromatic rings. The molecule has 19 heavy (non-hydrogen) atoms. The fourth-order valence-electron chi connectivity index (χ4n) is 1.98. The molecule has 1 amide bonds. The highest BCUT2D eigenvalue weighted by atomic mass is 32.1. The Morgan fingerprint density at radius 3 is 3.05 bits per heavy atom. The quantitative estimate of drug-likeness (QED) is 0.799. The predicted octanol–water partition coefficient (Wildman–Crippen LogP) is 2.80. The Morgan fingerprint density at radius 1 is 1.53 bits per heavy atom. The van der Waals surface area contributed by atoms with Crippen LogP contribution in [0.1, 0.15) is 21.9 Å². The maximum atomic E-state index is 12.3. The predicted molar refractivity (Wildman–Crippen MR) is 73.2 cm³/mol. The molecule has 3 heterocycles. The van der Waals surface area contributed by atoms with Crippen LogP contribution in [0.3, 0.4) is 0 Å². The van der Waals surface area contributed by atoms with Crippen molar-refractivity contribution in [2.45, 2.75) is 13.5 Å². The number of fused-ring (bicyclic) bond motifs is 1. The molecule has 0 aromatic carbocycles. The topological polar surface area (TPSA) is 62.1 Å². The lowest BCUT2D eigenvalue weighted by molar-refractivity contribution is 0.0777. The van der Waals surface area contributed by atoms with Crippen LogP contribution in [-0.2, 0) is 6.54 Å². The third-order valence-corrected chi connectivity index (χ3v) is 3.76. The van der Waals surface area contributed by atoms with Crippen molar-refractivity contribution < 1.29 is 9.32 Å². The van der Waals surface area contributed by atoms with Gasteiger partial charge in [-0.25, -0.2) is 0 Å². The second-order valence-electron chi connectivity index (χ2n) is 4.47. The van der Waals surface area contributed by atoms with Gasteiger partial charge in [0.15, 0.2) is 0 Å². The average Bonchev–Trinajstić information content (AvgIpc) is 3.03. The Hall–Kier alpha value is -2.08. The number of thiophene rings is 1. The van der Waals surface area contributed by atoms with E-state index in [9.17, 15) is 4.79 Å². The Kier molecular flexibility index (Phi) is 2.87. The van der Waals surface area contributed by atoms with Gasteiger partial charge in [0, 0.05) is 13.1 Å². The number of carbonyl (C=O) groups is 1. The summed E-state index contributed by atoms with van der Waals surface area (Å²) in [6.45, 7) is 2.26. The minimum absolute atomic E-state index is 0.0518. The van der Waals surface area contributed by atoms with E-state index in [-0.39, 0.29) is 5.91 Å². The van der Waals surface area contributed by atoms with Crippen LogP contribution in [0.25, 0.3) is 10.2 Å². The average molecular weight is 275 g/mol. The van der Waals surface area contributed by atoms with Crippen molar-refractivity contribution in [3.05, 3.63) is 40.7 Å². The Labute approximate surface area is 113 Å². The monoisotopic (exact) mass is 275 g/mol. The van der Waals surface area contributed by atoms with Crippen LogP contribution < -0.4 is 0 Å². The zero-order valence-electron chi connectivity index (χ0n) is 10.6. The summed E-state index contributed by atoms with van der Waals surface area (Å²) in [7, 11) is 1.75. The number of rotatable bonds is 3. The van der Waals surface area contributed by atoms with Gasteiger partial charge in [-0.2, -0.15) is 0 Å². The van der Waals surface area contributed by atoms with Gasteiger partial charge in [0.25, 0.3) is 5.91 Å². The third kappa shape index (κ3) is 2.26. The standard InChI is InChI=1S/C13H13N3O2S/c1-8-5-9(15-18-8)7-16(2)13(17)11-6-12-10(14-11)3-4-19-12/h3-6,14H,7H2,1-2H3. The number of amides is 1. The lowest BCUT2D eigenvalue weighted by Gasteiger charge is -2.14. The molecule has 3 rings (SSSR count). The van der Waals surface area contributed by atoms with Crippen LogP contribution in [0.2, 0.25) is 0 Å². The van der Waals surface area contributed by atoms with Crippen molar-refractivity contribution in [1.29, 1.82) is 0 Å². The van der Waals surface area contributed by atoms with Gasteiger partial charge in [-0.1, -0.05) is 5.16 Å². The maximum Gasteiger partial charge on any atom is 0.270 e. The summed E-state index contributed by atoms with van der Waals surface area (Å²) < 4.78 is 6.08. The molecular weight excluding hydrogens is 262 g/mol. The number of aryl methyl sites for hydroxylation is 1. The molecule has 0 aliphatic rings. The summed E-state index contributed by atoms with van der Waals surface area (Å²) >= 11 is 1.62. The van der Waals surface area contributed by atoms with E-state index in [0.717, 1.165) is 21.7 Å². The number of nitrogens with zero attached hydrogens (tertiary/aromatic N) is 2. The lowest BCUT2D eigenvalue weighted by atomic mass is 10.3. The molecule has 0 saturated heterocycles. The number of aromatic amines is 1. The first-order chi connectivity index (χ1) is 9.13. The molecule has 5 nitrogen and oxygen atoms in total. The highest BCUT2D eigenvalue weighted by Crippen LogP contribution is 2.22. The first-order valence-electron chi connectivity index (χ1n) is 5.87. The minimum Gasteiger partial charge on any atom is -0.361 e.